The number of piperazine rings is 1. The lowest BCUT2D eigenvalue weighted by molar-refractivity contribution is -0.131. The van der Waals surface area contributed by atoms with Gasteiger partial charge in [0.1, 0.15) is 5.82 Å². The van der Waals surface area contributed by atoms with Crippen LogP contribution in [-0.2, 0) is 4.79 Å². The van der Waals surface area contributed by atoms with Gasteiger partial charge in [-0.15, -0.1) is 0 Å². The lowest BCUT2D eigenvalue weighted by Gasteiger charge is -2.36. The highest BCUT2D eigenvalue weighted by atomic mass is 35.5. The highest BCUT2D eigenvalue weighted by Gasteiger charge is 2.23. The van der Waals surface area contributed by atoms with E-state index in [4.69, 9.17) is 11.6 Å². The van der Waals surface area contributed by atoms with Crippen LogP contribution in [0.2, 0.25) is 5.02 Å². The van der Waals surface area contributed by atoms with Crippen molar-refractivity contribution in [2.45, 2.75) is 12.8 Å². The molecule has 0 saturated carbocycles. The molecule has 1 fully saturated rings. The van der Waals surface area contributed by atoms with Gasteiger partial charge in [-0.05, 0) is 24.3 Å². The molecule has 1 amide bonds. The molecule has 6 heteroatoms. The largest absolute Gasteiger partial charge is 0.366 e. The number of rotatable bonds is 5. The summed E-state index contributed by atoms with van der Waals surface area (Å²) in [6.45, 7) is 2.21. The SMILES string of the molecule is O=C(CCC(=O)N1CCN(c2ccccc2F)CC1)c1cccc(Cl)c1. The molecule has 1 aliphatic rings. The zero-order valence-electron chi connectivity index (χ0n) is 14.3. The fourth-order valence-corrected chi connectivity index (χ4v) is 3.28. The van der Waals surface area contributed by atoms with E-state index < -0.39 is 0 Å². The van der Waals surface area contributed by atoms with Crippen LogP contribution < -0.4 is 4.90 Å². The maximum absolute atomic E-state index is 13.9. The number of anilines is 1. The number of para-hydroxylation sites is 1. The number of nitrogens with zero attached hydrogens (tertiary/aromatic N) is 2. The van der Waals surface area contributed by atoms with E-state index in [9.17, 15) is 14.0 Å². The van der Waals surface area contributed by atoms with Gasteiger partial charge >= 0.3 is 0 Å². The fraction of sp³-hybridized carbons (Fsp3) is 0.300. The second-order valence-corrected chi connectivity index (χ2v) is 6.69. The molecule has 2 aromatic rings. The Bertz CT molecular complexity index is 804. The molecule has 0 unspecified atom stereocenters. The molecule has 0 N–H and O–H groups in total. The van der Waals surface area contributed by atoms with E-state index in [0.717, 1.165) is 0 Å². The Kier molecular flexibility index (Phi) is 5.89. The first-order valence-electron chi connectivity index (χ1n) is 8.60. The van der Waals surface area contributed by atoms with Gasteiger partial charge < -0.3 is 9.80 Å². The summed E-state index contributed by atoms with van der Waals surface area (Å²) in [5.41, 5.74) is 1.09. The highest BCUT2D eigenvalue weighted by Crippen LogP contribution is 2.20. The normalized spacial score (nSPS) is 14.4. The Hall–Kier alpha value is -2.40. The van der Waals surface area contributed by atoms with Crippen LogP contribution in [0.1, 0.15) is 23.2 Å². The quantitative estimate of drug-likeness (QED) is 0.747. The van der Waals surface area contributed by atoms with Crippen molar-refractivity contribution >= 4 is 29.0 Å². The van der Waals surface area contributed by atoms with Gasteiger partial charge in [-0.25, -0.2) is 4.39 Å². The molecule has 136 valence electrons. The van der Waals surface area contributed by atoms with Crippen molar-refractivity contribution in [3.63, 3.8) is 0 Å². The average molecular weight is 375 g/mol. The van der Waals surface area contributed by atoms with Crippen LogP contribution >= 0.6 is 11.6 Å². The molecule has 0 aliphatic carbocycles. The Morgan fingerprint density at radius 2 is 1.69 bits per heavy atom. The number of amides is 1. The molecule has 1 saturated heterocycles. The molecule has 2 aromatic carbocycles. The first-order valence-corrected chi connectivity index (χ1v) is 8.98. The molecule has 0 radical (unpaired) electrons. The summed E-state index contributed by atoms with van der Waals surface area (Å²) in [6.07, 6.45) is 0.331. The standard InChI is InChI=1S/C20H20ClFN2O2/c21-16-5-3-4-15(14-16)19(25)8-9-20(26)24-12-10-23(11-13-24)18-7-2-1-6-17(18)22/h1-7,14H,8-13H2. The van der Waals surface area contributed by atoms with Crippen molar-refractivity contribution in [2.24, 2.45) is 0 Å². The number of carbonyl (C=O) groups is 2. The summed E-state index contributed by atoms with van der Waals surface area (Å²) >= 11 is 5.89. The summed E-state index contributed by atoms with van der Waals surface area (Å²) in [7, 11) is 0. The van der Waals surface area contributed by atoms with Crippen LogP contribution in [0.3, 0.4) is 0 Å². The van der Waals surface area contributed by atoms with E-state index in [1.807, 2.05) is 4.90 Å². The topological polar surface area (TPSA) is 40.6 Å². The number of benzene rings is 2. The second kappa shape index (κ2) is 8.32. The van der Waals surface area contributed by atoms with E-state index in [1.165, 1.54) is 6.07 Å². The van der Waals surface area contributed by atoms with Crippen LogP contribution in [0, 0.1) is 5.82 Å². The predicted molar refractivity (Wildman–Crippen MR) is 100 cm³/mol. The Balaban J connectivity index is 1.49. The number of halogens is 2. The molecule has 0 atom stereocenters. The summed E-state index contributed by atoms with van der Waals surface area (Å²) in [5.74, 6) is -0.390. The maximum atomic E-state index is 13.9. The maximum Gasteiger partial charge on any atom is 0.223 e. The third-order valence-electron chi connectivity index (χ3n) is 4.54. The van der Waals surface area contributed by atoms with Crippen molar-refractivity contribution in [3.8, 4) is 0 Å². The van der Waals surface area contributed by atoms with Gasteiger partial charge in [-0.3, -0.25) is 9.59 Å². The van der Waals surface area contributed by atoms with Crippen LogP contribution in [0.5, 0.6) is 0 Å². The lowest BCUT2D eigenvalue weighted by atomic mass is 10.1. The summed E-state index contributed by atoms with van der Waals surface area (Å²) < 4.78 is 13.9. The molecule has 4 nitrogen and oxygen atoms in total. The van der Waals surface area contributed by atoms with E-state index in [0.29, 0.717) is 42.5 Å². The van der Waals surface area contributed by atoms with E-state index in [1.54, 1.807) is 47.4 Å². The summed E-state index contributed by atoms with van der Waals surface area (Å²) in [4.78, 5) is 28.2. The van der Waals surface area contributed by atoms with Crippen molar-refractivity contribution in [3.05, 3.63) is 64.9 Å². The molecule has 0 bridgehead atoms. The molecule has 1 heterocycles. The molecule has 0 aromatic heterocycles. The van der Waals surface area contributed by atoms with E-state index >= 15 is 0 Å². The van der Waals surface area contributed by atoms with Gasteiger partial charge in [-0.1, -0.05) is 35.9 Å². The van der Waals surface area contributed by atoms with E-state index in [2.05, 4.69) is 0 Å². The number of Topliss-reactive ketones (excluding diaryl/α,β-unsaturated/α-hetero) is 1. The smallest absolute Gasteiger partial charge is 0.223 e. The zero-order valence-corrected chi connectivity index (χ0v) is 15.1. The predicted octanol–water partition coefficient (Wildman–Crippen LogP) is 3.79. The highest BCUT2D eigenvalue weighted by molar-refractivity contribution is 6.31. The Morgan fingerprint density at radius 3 is 2.38 bits per heavy atom. The van der Waals surface area contributed by atoms with Crippen LogP contribution in [-0.4, -0.2) is 42.8 Å². The first-order chi connectivity index (χ1) is 12.5. The number of carbonyl (C=O) groups excluding carboxylic acids is 2. The van der Waals surface area contributed by atoms with Crippen molar-refractivity contribution in [2.75, 3.05) is 31.1 Å². The van der Waals surface area contributed by atoms with Gasteiger partial charge in [0.2, 0.25) is 5.91 Å². The molecule has 3 rings (SSSR count). The minimum atomic E-state index is -0.251. The van der Waals surface area contributed by atoms with Crippen molar-refractivity contribution < 1.29 is 14.0 Å². The lowest BCUT2D eigenvalue weighted by Crippen LogP contribution is -2.49. The number of ketones is 1. The third kappa shape index (κ3) is 4.41. The van der Waals surface area contributed by atoms with Gasteiger partial charge in [0.15, 0.2) is 5.78 Å². The molecular formula is C20H20ClFN2O2. The molecule has 0 spiro atoms. The van der Waals surface area contributed by atoms with Gasteiger partial charge in [0.05, 0.1) is 5.69 Å². The van der Waals surface area contributed by atoms with Crippen LogP contribution in [0.4, 0.5) is 10.1 Å². The van der Waals surface area contributed by atoms with Crippen molar-refractivity contribution in [1.29, 1.82) is 0 Å². The Morgan fingerprint density at radius 1 is 0.962 bits per heavy atom. The fourth-order valence-electron chi connectivity index (χ4n) is 3.09. The molecule has 26 heavy (non-hydrogen) atoms. The minimum absolute atomic E-state index is 0.0476. The minimum Gasteiger partial charge on any atom is -0.366 e. The summed E-state index contributed by atoms with van der Waals surface area (Å²) in [6, 6.07) is 13.4. The average Bonchev–Trinajstić information content (AvgIpc) is 2.66. The van der Waals surface area contributed by atoms with Gasteiger partial charge in [-0.2, -0.15) is 0 Å². The number of hydrogen-bond donors (Lipinski definition) is 0. The van der Waals surface area contributed by atoms with Crippen LogP contribution in [0.25, 0.3) is 0 Å². The number of hydrogen-bond acceptors (Lipinski definition) is 3. The van der Waals surface area contributed by atoms with E-state index in [-0.39, 0.29) is 30.3 Å². The molecular weight excluding hydrogens is 355 g/mol. The Labute approximate surface area is 157 Å². The van der Waals surface area contributed by atoms with Gasteiger partial charge in [0.25, 0.3) is 0 Å². The third-order valence-corrected chi connectivity index (χ3v) is 4.77. The van der Waals surface area contributed by atoms with Crippen molar-refractivity contribution in [1.82, 2.24) is 4.90 Å². The molecule has 1 aliphatic heterocycles. The van der Waals surface area contributed by atoms with Crippen LogP contribution in [0.15, 0.2) is 48.5 Å². The first kappa shape index (κ1) is 18.4. The second-order valence-electron chi connectivity index (χ2n) is 6.25. The summed E-state index contributed by atoms with van der Waals surface area (Å²) in [5, 5.41) is 0.506. The van der Waals surface area contributed by atoms with Gasteiger partial charge in [0, 0.05) is 49.6 Å². The monoisotopic (exact) mass is 374 g/mol. The zero-order chi connectivity index (χ0) is 18.5.